The molecule has 0 spiro atoms. The van der Waals surface area contributed by atoms with E-state index in [9.17, 15) is 0 Å². The molecule has 0 fully saturated rings. The molecule has 1 aromatic carbocycles. The predicted octanol–water partition coefficient (Wildman–Crippen LogP) is 1.79. The first kappa shape index (κ1) is 9.53. The summed E-state index contributed by atoms with van der Waals surface area (Å²) in [6.07, 6.45) is 2.26. The van der Waals surface area contributed by atoms with Crippen molar-refractivity contribution in [1.82, 2.24) is 0 Å². The van der Waals surface area contributed by atoms with Gasteiger partial charge in [0, 0.05) is 18.3 Å². The van der Waals surface area contributed by atoms with Crippen molar-refractivity contribution >= 4 is 5.69 Å². The van der Waals surface area contributed by atoms with Gasteiger partial charge in [-0.1, -0.05) is 18.2 Å². The summed E-state index contributed by atoms with van der Waals surface area (Å²) in [5.41, 5.74) is 8.44. The van der Waals surface area contributed by atoms with Gasteiger partial charge >= 0.3 is 0 Å². The van der Waals surface area contributed by atoms with Crippen molar-refractivity contribution in [2.45, 2.75) is 25.8 Å². The second kappa shape index (κ2) is 4.01. The first-order valence-electron chi connectivity index (χ1n) is 5.37. The Morgan fingerprint density at radius 3 is 3.00 bits per heavy atom. The zero-order chi connectivity index (χ0) is 9.97. The maximum absolute atomic E-state index is 5.55. The lowest BCUT2D eigenvalue weighted by molar-refractivity contribution is 0.651. The maximum Gasteiger partial charge on any atom is 0.0402 e. The molecule has 2 nitrogen and oxygen atoms in total. The first-order valence-corrected chi connectivity index (χ1v) is 5.37. The number of hydrogen-bond donors (Lipinski definition) is 1. The van der Waals surface area contributed by atoms with E-state index in [0.29, 0.717) is 6.04 Å². The lowest BCUT2D eigenvalue weighted by Crippen LogP contribution is -2.31. The first-order chi connectivity index (χ1) is 6.83. The van der Waals surface area contributed by atoms with E-state index in [-0.39, 0.29) is 0 Å². The molecular weight excluding hydrogens is 172 g/mol. The summed E-state index contributed by atoms with van der Waals surface area (Å²) in [6.45, 7) is 4.16. The third-order valence-corrected chi connectivity index (χ3v) is 2.95. The lowest BCUT2D eigenvalue weighted by atomic mass is 10.1. The molecule has 2 heteroatoms. The molecule has 1 aliphatic heterocycles. The standard InChI is InChI=1S/C12H18N2/c1-10-9-11-5-2-3-6-12(11)14(10)8-4-7-13/h2-3,5-6,10H,4,7-9,13H2,1H3. The van der Waals surface area contributed by atoms with Gasteiger partial charge in [-0.2, -0.15) is 0 Å². The third-order valence-electron chi connectivity index (χ3n) is 2.95. The summed E-state index contributed by atoms with van der Waals surface area (Å²) in [5, 5.41) is 0. The van der Waals surface area contributed by atoms with Crippen molar-refractivity contribution in [2.24, 2.45) is 5.73 Å². The van der Waals surface area contributed by atoms with Crippen molar-refractivity contribution in [2.75, 3.05) is 18.0 Å². The van der Waals surface area contributed by atoms with Gasteiger partial charge in [0.25, 0.3) is 0 Å². The SMILES string of the molecule is CC1Cc2ccccc2N1CCCN. The molecule has 1 atom stereocenters. The number of nitrogens with zero attached hydrogens (tertiary/aromatic N) is 1. The Kier molecular flexibility index (Phi) is 2.73. The van der Waals surface area contributed by atoms with Gasteiger partial charge in [0.2, 0.25) is 0 Å². The van der Waals surface area contributed by atoms with Gasteiger partial charge < -0.3 is 10.6 Å². The van der Waals surface area contributed by atoms with Crippen LogP contribution in [0, 0.1) is 0 Å². The molecule has 0 aliphatic carbocycles. The minimum atomic E-state index is 0.638. The second-order valence-electron chi connectivity index (χ2n) is 4.02. The Morgan fingerprint density at radius 2 is 2.21 bits per heavy atom. The lowest BCUT2D eigenvalue weighted by Gasteiger charge is -2.24. The molecule has 0 saturated heterocycles. The summed E-state index contributed by atoms with van der Waals surface area (Å²) in [5.74, 6) is 0. The number of nitrogens with two attached hydrogens (primary N) is 1. The van der Waals surface area contributed by atoms with Gasteiger partial charge in [0.05, 0.1) is 0 Å². The van der Waals surface area contributed by atoms with Crippen LogP contribution in [0.3, 0.4) is 0 Å². The van der Waals surface area contributed by atoms with E-state index < -0.39 is 0 Å². The van der Waals surface area contributed by atoms with E-state index >= 15 is 0 Å². The van der Waals surface area contributed by atoms with Crippen molar-refractivity contribution in [3.8, 4) is 0 Å². The molecule has 1 unspecified atom stereocenters. The Balaban J connectivity index is 2.17. The Hall–Kier alpha value is -1.02. The molecule has 0 saturated carbocycles. The molecule has 1 aromatic rings. The van der Waals surface area contributed by atoms with Crippen LogP contribution in [-0.2, 0) is 6.42 Å². The summed E-state index contributed by atoms with van der Waals surface area (Å²) in [4.78, 5) is 2.47. The molecule has 0 amide bonds. The highest BCUT2D eigenvalue weighted by atomic mass is 15.2. The molecule has 0 aromatic heterocycles. The fraction of sp³-hybridized carbons (Fsp3) is 0.500. The van der Waals surface area contributed by atoms with E-state index in [1.165, 1.54) is 17.7 Å². The van der Waals surface area contributed by atoms with E-state index in [1.54, 1.807) is 0 Å². The highest BCUT2D eigenvalue weighted by Crippen LogP contribution is 2.31. The average Bonchev–Trinajstić information content (AvgIpc) is 2.51. The largest absolute Gasteiger partial charge is 0.368 e. The van der Waals surface area contributed by atoms with E-state index in [4.69, 9.17) is 5.73 Å². The van der Waals surface area contributed by atoms with Crippen LogP contribution in [0.1, 0.15) is 18.9 Å². The average molecular weight is 190 g/mol. The van der Waals surface area contributed by atoms with Crippen molar-refractivity contribution in [3.63, 3.8) is 0 Å². The smallest absolute Gasteiger partial charge is 0.0402 e. The molecule has 2 rings (SSSR count). The van der Waals surface area contributed by atoms with Crippen LogP contribution in [0.5, 0.6) is 0 Å². The molecule has 76 valence electrons. The molecule has 0 bridgehead atoms. The van der Waals surface area contributed by atoms with Gasteiger partial charge in [-0.05, 0) is 37.9 Å². The second-order valence-corrected chi connectivity index (χ2v) is 4.02. The fourth-order valence-electron chi connectivity index (χ4n) is 2.23. The van der Waals surface area contributed by atoms with Gasteiger partial charge in [-0.15, -0.1) is 0 Å². The molecular formula is C12H18N2. The monoisotopic (exact) mass is 190 g/mol. The maximum atomic E-state index is 5.55. The van der Waals surface area contributed by atoms with E-state index in [2.05, 4.69) is 36.1 Å². The highest BCUT2D eigenvalue weighted by molar-refractivity contribution is 5.59. The molecule has 1 aliphatic rings. The highest BCUT2D eigenvalue weighted by Gasteiger charge is 2.24. The number of hydrogen-bond acceptors (Lipinski definition) is 2. The van der Waals surface area contributed by atoms with Crippen LogP contribution in [0.15, 0.2) is 24.3 Å². The summed E-state index contributed by atoms with van der Waals surface area (Å²) in [7, 11) is 0. The molecule has 0 radical (unpaired) electrons. The Bertz CT molecular complexity index is 309. The number of anilines is 1. The van der Waals surface area contributed by atoms with Crippen LogP contribution in [0.4, 0.5) is 5.69 Å². The normalized spacial score (nSPS) is 19.9. The van der Waals surface area contributed by atoms with Crippen LogP contribution < -0.4 is 10.6 Å². The summed E-state index contributed by atoms with van der Waals surface area (Å²) < 4.78 is 0. The molecule has 1 heterocycles. The van der Waals surface area contributed by atoms with E-state index in [0.717, 1.165) is 19.5 Å². The van der Waals surface area contributed by atoms with Gasteiger partial charge in [-0.3, -0.25) is 0 Å². The Labute approximate surface area is 85.7 Å². The quantitative estimate of drug-likeness (QED) is 0.787. The summed E-state index contributed by atoms with van der Waals surface area (Å²) in [6, 6.07) is 9.33. The fourth-order valence-corrected chi connectivity index (χ4v) is 2.23. The van der Waals surface area contributed by atoms with Gasteiger partial charge in [0.15, 0.2) is 0 Å². The number of fused-ring (bicyclic) bond motifs is 1. The topological polar surface area (TPSA) is 29.3 Å². The van der Waals surface area contributed by atoms with Gasteiger partial charge in [-0.25, -0.2) is 0 Å². The molecule has 2 N–H and O–H groups in total. The molecule has 14 heavy (non-hydrogen) atoms. The minimum Gasteiger partial charge on any atom is -0.368 e. The summed E-state index contributed by atoms with van der Waals surface area (Å²) >= 11 is 0. The number of para-hydroxylation sites is 1. The zero-order valence-corrected chi connectivity index (χ0v) is 8.74. The van der Waals surface area contributed by atoms with Crippen molar-refractivity contribution in [1.29, 1.82) is 0 Å². The van der Waals surface area contributed by atoms with Gasteiger partial charge in [0.1, 0.15) is 0 Å². The number of benzene rings is 1. The number of rotatable bonds is 3. The van der Waals surface area contributed by atoms with E-state index in [1.807, 2.05) is 0 Å². The third kappa shape index (κ3) is 1.62. The van der Waals surface area contributed by atoms with Crippen molar-refractivity contribution in [3.05, 3.63) is 29.8 Å². The van der Waals surface area contributed by atoms with Crippen LogP contribution in [-0.4, -0.2) is 19.1 Å². The minimum absolute atomic E-state index is 0.638. The van der Waals surface area contributed by atoms with Crippen LogP contribution in [0.2, 0.25) is 0 Å². The van der Waals surface area contributed by atoms with Crippen molar-refractivity contribution < 1.29 is 0 Å². The zero-order valence-electron chi connectivity index (χ0n) is 8.74. The predicted molar refractivity (Wildman–Crippen MR) is 60.6 cm³/mol. The van der Waals surface area contributed by atoms with Crippen LogP contribution >= 0.6 is 0 Å². The van der Waals surface area contributed by atoms with Crippen LogP contribution in [0.25, 0.3) is 0 Å². The Morgan fingerprint density at radius 1 is 1.43 bits per heavy atom.